The molecule has 0 aromatic heterocycles. The Morgan fingerprint density at radius 2 is 1.77 bits per heavy atom. The van der Waals surface area contributed by atoms with Crippen LogP contribution in [0, 0.1) is 0 Å². The molecule has 0 aliphatic carbocycles. The predicted molar refractivity (Wildman–Crippen MR) is 80.8 cm³/mol. The summed E-state index contributed by atoms with van der Waals surface area (Å²) in [5.74, 6) is 0. The highest BCUT2D eigenvalue weighted by Gasteiger charge is 2.32. The Kier molecular flexibility index (Phi) is 4.07. The number of anilines is 1. The summed E-state index contributed by atoms with van der Waals surface area (Å²) in [6.45, 7) is 2.17. The van der Waals surface area contributed by atoms with Crippen LogP contribution in [0.5, 0.6) is 0 Å². The van der Waals surface area contributed by atoms with Gasteiger partial charge in [0.05, 0.1) is 11.6 Å². The fourth-order valence-electron chi connectivity index (χ4n) is 2.85. The Balaban J connectivity index is 1.94. The van der Waals surface area contributed by atoms with Gasteiger partial charge in [0.25, 0.3) is 0 Å². The molecule has 2 nitrogen and oxygen atoms in total. The van der Waals surface area contributed by atoms with E-state index in [1.807, 2.05) is 35.2 Å². The molecule has 1 unspecified atom stereocenters. The summed E-state index contributed by atoms with van der Waals surface area (Å²) in [6.07, 6.45) is -4.31. The summed E-state index contributed by atoms with van der Waals surface area (Å²) in [6, 6.07) is 15.5. The van der Waals surface area contributed by atoms with Crippen molar-refractivity contribution < 1.29 is 13.2 Å². The fourth-order valence-corrected chi connectivity index (χ4v) is 2.85. The van der Waals surface area contributed by atoms with E-state index in [4.69, 9.17) is 0 Å². The molecule has 3 rings (SSSR count). The van der Waals surface area contributed by atoms with Gasteiger partial charge in [-0.15, -0.1) is 0 Å². The minimum absolute atomic E-state index is 0.0402. The average molecular weight is 306 g/mol. The smallest absolute Gasteiger partial charge is 0.362 e. The van der Waals surface area contributed by atoms with E-state index in [0.717, 1.165) is 24.7 Å². The Labute approximate surface area is 127 Å². The van der Waals surface area contributed by atoms with Crippen LogP contribution in [0.4, 0.5) is 18.9 Å². The lowest BCUT2D eigenvalue weighted by molar-refractivity contribution is -0.137. The number of piperazine rings is 1. The molecule has 1 heterocycles. The molecule has 2 aromatic carbocycles. The van der Waals surface area contributed by atoms with E-state index in [9.17, 15) is 13.2 Å². The van der Waals surface area contributed by atoms with Crippen LogP contribution in [0.1, 0.15) is 17.2 Å². The SMILES string of the molecule is FC(F)(F)c1cccc(N2CCNCC2c2ccccc2)c1. The Bertz CT molecular complexity index is 625. The standard InChI is InChI=1S/C17H17F3N2/c18-17(19,20)14-7-4-8-15(11-14)22-10-9-21-12-16(22)13-5-2-1-3-6-13/h1-8,11,16,21H,9-10,12H2. The molecule has 2 aromatic rings. The molecule has 1 atom stereocenters. The second-order valence-electron chi connectivity index (χ2n) is 5.37. The number of alkyl halides is 3. The Morgan fingerprint density at radius 1 is 1.00 bits per heavy atom. The summed E-state index contributed by atoms with van der Waals surface area (Å²) < 4.78 is 38.8. The zero-order valence-electron chi connectivity index (χ0n) is 12.0. The third-order valence-corrected chi connectivity index (χ3v) is 3.93. The summed E-state index contributed by atoms with van der Waals surface area (Å²) in [4.78, 5) is 2.04. The van der Waals surface area contributed by atoms with E-state index >= 15 is 0 Å². The van der Waals surface area contributed by atoms with Crippen LogP contribution >= 0.6 is 0 Å². The van der Waals surface area contributed by atoms with Crippen LogP contribution in [0.3, 0.4) is 0 Å². The minimum Gasteiger partial charge on any atom is -0.362 e. The molecule has 1 aliphatic heterocycles. The Morgan fingerprint density at radius 3 is 2.50 bits per heavy atom. The number of hydrogen-bond acceptors (Lipinski definition) is 2. The van der Waals surface area contributed by atoms with Crippen molar-refractivity contribution in [2.24, 2.45) is 0 Å². The van der Waals surface area contributed by atoms with Crippen molar-refractivity contribution in [3.8, 4) is 0 Å². The van der Waals surface area contributed by atoms with Crippen LogP contribution in [-0.4, -0.2) is 19.6 Å². The number of nitrogens with zero attached hydrogens (tertiary/aromatic N) is 1. The van der Waals surface area contributed by atoms with Crippen molar-refractivity contribution >= 4 is 5.69 Å². The summed E-state index contributed by atoms with van der Waals surface area (Å²) in [5, 5.41) is 3.31. The van der Waals surface area contributed by atoms with Gasteiger partial charge in [0, 0.05) is 25.3 Å². The molecule has 5 heteroatoms. The zero-order valence-corrected chi connectivity index (χ0v) is 12.0. The maximum atomic E-state index is 12.9. The first-order chi connectivity index (χ1) is 10.6. The zero-order chi connectivity index (χ0) is 15.6. The first-order valence-electron chi connectivity index (χ1n) is 7.25. The molecule has 0 spiro atoms. The van der Waals surface area contributed by atoms with Crippen molar-refractivity contribution in [1.29, 1.82) is 0 Å². The van der Waals surface area contributed by atoms with Crippen LogP contribution in [0.25, 0.3) is 0 Å². The van der Waals surface area contributed by atoms with E-state index in [1.165, 1.54) is 12.1 Å². The lowest BCUT2D eigenvalue weighted by atomic mass is 10.0. The molecule has 0 bridgehead atoms. The van der Waals surface area contributed by atoms with Gasteiger partial charge in [-0.05, 0) is 23.8 Å². The van der Waals surface area contributed by atoms with Gasteiger partial charge in [-0.3, -0.25) is 0 Å². The highest BCUT2D eigenvalue weighted by molar-refractivity contribution is 5.52. The van der Waals surface area contributed by atoms with Crippen LogP contribution < -0.4 is 10.2 Å². The normalized spacial score (nSPS) is 19.2. The monoisotopic (exact) mass is 306 g/mol. The molecule has 116 valence electrons. The number of hydrogen-bond donors (Lipinski definition) is 1. The second-order valence-corrected chi connectivity index (χ2v) is 5.37. The van der Waals surface area contributed by atoms with Gasteiger partial charge >= 0.3 is 6.18 Å². The molecule has 0 saturated carbocycles. The fraction of sp³-hybridized carbons (Fsp3) is 0.294. The summed E-state index contributed by atoms with van der Waals surface area (Å²) >= 11 is 0. The molecule has 1 aliphatic rings. The van der Waals surface area contributed by atoms with Gasteiger partial charge in [-0.2, -0.15) is 13.2 Å². The molecule has 22 heavy (non-hydrogen) atoms. The third kappa shape index (κ3) is 3.09. The lowest BCUT2D eigenvalue weighted by Crippen LogP contribution is -2.46. The van der Waals surface area contributed by atoms with E-state index in [2.05, 4.69) is 5.32 Å². The number of nitrogens with one attached hydrogen (secondary N) is 1. The number of rotatable bonds is 2. The van der Waals surface area contributed by atoms with Crippen molar-refractivity contribution in [3.05, 3.63) is 65.7 Å². The number of benzene rings is 2. The van der Waals surface area contributed by atoms with Crippen LogP contribution in [0.2, 0.25) is 0 Å². The quantitative estimate of drug-likeness (QED) is 0.906. The van der Waals surface area contributed by atoms with Gasteiger partial charge in [0.2, 0.25) is 0 Å². The number of halogens is 3. The van der Waals surface area contributed by atoms with Crippen LogP contribution in [0.15, 0.2) is 54.6 Å². The Hall–Kier alpha value is -2.01. The van der Waals surface area contributed by atoms with Gasteiger partial charge < -0.3 is 10.2 Å². The molecule has 1 fully saturated rings. The summed E-state index contributed by atoms with van der Waals surface area (Å²) in [5.41, 5.74) is 1.12. The molecular formula is C17H17F3N2. The molecular weight excluding hydrogens is 289 g/mol. The maximum Gasteiger partial charge on any atom is 0.416 e. The second kappa shape index (κ2) is 6.01. The van der Waals surface area contributed by atoms with Gasteiger partial charge in [-0.1, -0.05) is 36.4 Å². The maximum absolute atomic E-state index is 12.9. The average Bonchev–Trinajstić information content (AvgIpc) is 2.55. The van der Waals surface area contributed by atoms with Gasteiger partial charge in [0.1, 0.15) is 0 Å². The van der Waals surface area contributed by atoms with Crippen molar-refractivity contribution in [2.45, 2.75) is 12.2 Å². The van der Waals surface area contributed by atoms with E-state index in [1.54, 1.807) is 6.07 Å². The molecule has 0 radical (unpaired) electrons. The topological polar surface area (TPSA) is 15.3 Å². The molecule has 0 amide bonds. The molecule has 1 N–H and O–H groups in total. The van der Waals surface area contributed by atoms with Gasteiger partial charge in [0.15, 0.2) is 0 Å². The summed E-state index contributed by atoms with van der Waals surface area (Å²) in [7, 11) is 0. The van der Waals surface area contributed by atoms with E-state index < -0.39 is 11.7 Å². The largest absolute Gasteiger partial charge is 0.416 e. The predicted octanol–water partition coefficient (Wildman–Crippen LogP) is 3.86. The first kappa shape index (κ1) is 14.9. The van der Waals surface area contributed by atoms with E-state index in [0.29, 0.717) is 12.2 Å². The minimum atomic E-state index is -4.31. The van der Waals surface area contributed by atoms with Crippen molar-refractivity contribution in [1.82, 2.24) is 5.32 Å². The van der Waals surface area contributed by atoms with Crippen LogP contribution in [-0.2, 0) is 6.18 Å². The van der Waals surface area contributed by atoms with Crippen molar-refractivity contribution in [2.75, 3.05) is 24.5 Å². The highest BCUT2D eigenvalue weighted by atomic mass is 19.4. The van der Waals surface area contributed by atoms with E-state index in [-0.39, 0.29) is 6.04 Å². The molecule has 1 saturated heterocycles. The lowest BCUT2D eigenvalue weighted by Gasteiger charge is -2.38. The first-order valence-corrected chi connectivity index (χ1v) is 7.25. The third-order valence-electron chi connectivity index (χ3n) is 3.93. The van der Waals surface area contributed by atoms with Crippen molar-refractivity contribution in [3.63, 3.8) is 0 Å². The van der Waals surface area contributed by atoms with Gasteiger partial charge in [-0.25, -0.2) is 0 Å². The highest BCUT2D eigenvalue weighted by Crippen LogP contribution is 2.34.